The summed E-state index contributed by atoms with van der Waals surface area (Å²) in [6.07, 6.45) is 5.81. The molecular weight excluding hydrogens is 308 g/mol. The first-order valence-corrected chi connectivity index (χ1v) is 8.54. The fourth-order valence-corrected chi connectivity index (χ4v) is 3.96. The number of nitrogens with two attached hydrogens (primary N) is 1. The molecule has 1 aliphatic rings. The van der Waals surface area contributed by atoms with Crippen LogP contribution in [0.3, 0.4) is 0 Å². The van der Waals surface area contributed by atoms with E-state index in [-0.39, 0.29) is 0 Å². The van der Waals surface area contributed by atoms with Gasteiger partial charge in [0.25, 0.3) is 0 Å². The maximum atomic E-state index is 6.23. The van der Waals surface area contributed by atoms with Gasteiger partial charge in [0.2, 0.25) is 0 Å². The van der Waals surface area contributed by atoms with Crippen LogP contribution in [-0.2, 0) is 12.8 Å². The summed E-state index contributed by atoms with van der Waals surface area (Å²) in [5.74, 6) is 0.540. The number of rotatable bonds is 2. The molecule has 4 nitrogen and oxygen atoms in total. The van der Waals surface area contributed by atoms with Crippen LogP contribution in [0, 0.1) is 0 Å². The molecule has 1 aliphatic carbocycles. The summed E-state index contributed by atoms with van der Waals surface area (Å²) in [4.78, 5) is 8.79. The normalized spacial score (nSPS) is 14.1. The molecule has 122 valence electrons. The summed E-state index contributed by atoms with van der Waals surface area (Å²) in [6.45, 7) is 0. The molecule has 0 fully saturated rings. The molecule has 2 aromatic carbocycles. The smallest absolute Gasteiger partial charge is 0.146 e. The van der Waals surface area contributed by atoms with Gasteiger partial charge in [0.1, 0.15) is 17.8 Å². The highest BCUT2D eigenvalue weighted by atomic mass is 15.1. The van der Waals surface area contributed by atoms with Crippen LogP contribution in [0.4, 0.5) is 5.82 Å². The number of hydrogen-bond donors (Lipinski definition) is 1. The molecule has 0 bridgehead atoms. The van der Waals surface area contributed by atoms with Gasteiger partial charge in [-0.2, -0.15) is 0 Å². The highest BCUT2D eigenvalue weighted by Gasteiger charge is 2.26. The lowest BCUT2D eigenvalue weighted by molar-refractivity contribution is 0.543. The van der Waals surface area contributed by atoms with E-state index >= 15 is 0 Å². The van der Waals surface area contributed by atoms with Gasteiger partial charge in [-0.15, -0.1) is 0 Å². The third-order valence-corrected chi connectivity index (χ3v) is 5.15. The van der Waals surface area contributed by atoms with E-state index in [1.165, 1.54) is 11.1 Å². The first kappa shape index (κ1) is 14.2. The van der Waals surface area contributed by atoms with Gasteiger partial charge in [0, 0.05) is 17.8 Å². The first-order valence-electron chi connectivity index (χ1n) is 8.54. The van der Waals surface area contributed by atoms with Crippen LogP contribution in [0.15, 0.2) is 67.1 Å². The second kappa shape index (κ2) is 5.45. The molecule has 0 unspecified atom stereocenters. The van der Waals surface area contributed by atoms with E-state index in [9.17, 15) is 0 Å². The molecule has 4 heteroatoms. The molecule has 5 rings (SSSR count). The van der Waals surface area contributed by atoms with Crippen LogP contribution in [0.5, 0.6) is 0 Å². The van der Waals surface area contributed by atoms with Crippen LogP contribution in [0.2, 0.25) is 0 Å². The molecule has 0 amide bonds. The maximum absolute atomic E-state index is 6.23. The Bertz CT molecular complexity index is 1040. The molecule has 0 saturated carbocycles. The zero-order valence-electron chi connectivity index (χ0n) is 13.8. The van der Waals surface area contributed by atoms with Gasteiger partial charge in [-0.3, -0.25) is 0 Å². The molecule has 0 atom stereocenters. The van der Waals surface area contributed by atoms with Crippen molar-refractivity contribution in [1.82, 2.24) is 14.5 Å². The van der Waals surface area contributed by atoms with Crippen molar-refractivity contribution in [2.75, 3.05) is 5.73 Å². The minimum atomic E-state index is 0.367. The van der Waals surface area contributed by atoms with Crippen molar-refractivity contribution in [3.63, 3.8) is 0 Å². The summed E-state index contributed by atoms with van der Waals surface area (Å²) in [7, 11) is 0. The predicted molar refractivity (Wildman–Crippen MR) is 100 cm³/mol. The standard InChI is InChI=1S/C21H18N4/c22-20-19-18(14-6-2-1-3-7-14)12-25(21(19)24-13-23-20)17-10-15-8-4-5-9-16(15)11-17/h1-9,12-13,17H,10-11H2,(H2,22,23,24). The van der Waals surface area contributed by atoms with Crippen molar-refractivity contribution in [2.45, 2.75) is 18.9 Å². The average molecular weight is 326 g/mol. The van der Waals surface area contributed by atoms with Crippen molar-refractivity contribution in [3.05, 3.63) is 78.2 Å². The lowest BCUT2D eigenvalue weighted by Crippen LogP contribution is -2.08. The summed E-state index contributed by atoms with van der Waals surface area (Å²) >= 11 is 0. The summed E-state index contributed by atoms with van der Waals surface area (Å²) in [5, 5.41) is 0.949. The number of anilines is 1. The maximum Gasteiger partial charge on any atom is 0.146 e. The number of nitrogen functional groups attached to an aromatic ring is 1. The van der Waals surface area contributed by atoms with Gasteiger partial charge >= 0.3 is 0 Å². The molecule has 4 aromatic rings. The Labute approximate surface area is 146 Å². The third-order valence-electron chi connectivity index (χ3n) is 5.15. The van der Waals surface area contributed by atoms with Gasteiger partial charge in [-0.25, -0.2) is 9.97 Å². The number of aromatic nitrogens is 3. The minimum Gasteiger partial charge on any atom is -0.383 e. The van der Waals surface area contributed by atoms with Crippen molar-refractivity contribution < 1.29 is 0 Å². The Morgan fingerprint density at radius 2 is 1.56 bits per heavy atom. The van der Waals surface area contributed by atoms with Crippen LogP contribution in [0.1, 0.15) is 17.2 Å². The molecule has 0 radical (unpaired) electrons. The average Bonchev–Trinajstić information content (AvgIpc) is 3.24. The van der Waals surface area contributed by atoms with Crippen LogP contribution in [-0.4, -0.2) is 14.5 Å². The Kier molecular flexibility index (Phi) is 3.10. The van der Waals surface area contributed by atoms with E-state index in [2.05, 4.69) is 57.1 Å². The Hall–Kier alpha value is -3.14. The number of fused-ring (bicyclic) bond motifs is 2. The van der Waals surface area contributed by atoms with Gasteiger partial charge in [-0.1, -0.05) is 54.6 Å². The van der Waals surface area contributed by atoms with Crippen molar-refractivity contribution in [3.8, 4) is 11.1 Å². The topological polar surface area (TPSA) is 56.7 Å². The molecule has 0 spiro atoms. The number of hydrogen-bond acceptors (Lipinski definition) is 3. The number of benzene rings is 2. The Balaban J connectivity index is 1.69. The van der Waals surface area contributed by atoms with Crippen LogP contribution < -0.4 is 5.73 Å². The van der Waals surface area contributed by atoms with Gasteiger partial charge in [0.15, 0.2) is 0 Å². The van der Waals surface area contributed by atoms with E-state index in [0.717, 1.165) is 35.0 Å². The molecule has 2 heterocycles. The van der Waals surface area contributed by atoms with Gasteiger partial charge < -0.3 is 10.3 Å². The third kappa shape index (κ3) is 2.22. The van der Waals surface area contributed by atoms with E-state index in [0.29, 0.717) is 11.9 Å². The predicted octanol–water partition coefficient (Wildman–Crippen LogP) is 4.02. The van der Waals surface area contributed by atoms with E-state index in [4.69, 9.17) is 5.73 Å². The largest absolute Gasteiger partial charge is 0.383 e. The summed E-state index contributed by atoms with van der Waals surface area (Å²) < 4.78 is 2.29. The summed E-state index contributed by atoms with van der Waals surface area (Å²) in [6, 6.07) is 19.4. The van der Waals surface area contributed by atoms with Crippen molar-refractivity contribution in [1.29, 1.82) is 0 Å². The highest BCUT2D eigenvalue weighted by molar-refractivity contribution is 6.00. The highest BCUT2D eigenvalue weighted by Crippen LogP contribution is 2.38. The second-order valence-corrected chi connectivity index (χ2v) is 6.60. The SMILES string of the molecule is Nc1ncnc2c1c(-c1ccccc1)cn2C1Cc2ccccc2C1. The fourth-order valence-electron chi connectivity index (χ4n) is 3.96. The minimum absolute atomic E-state index is 0.367. The van der Waals surface area contributed by atoms with E-state index in [1.807, 2.05) is 18.2 Å². The molecule has 25 heavy (non-hydrogen) atoms. The Morgan fingerprint density at radius 1 is 0.880 bits per heavy atom. The zero-order valence-corrected chi connectivity index (χ0v) is 13.8. The fraction of sp³-hybridized carbons (Fsp3) is 0.143. The van der Waals surface area contributed by atoms with E-state index < -0.39 is 0 Å². The van der Waals surface area contributed by atoms with Crippen LogP contribution in [0.25, 0.3) is 22.2 Å². The molecular formula is C21H18N4. The first-order chi connectivity index (χ1) is 12.3. The van der Waals surface area contributed by atoms with Crippen molar-refractivity contribution >= 4 is 16.9 Å². The Morgan fingerprint density at radius 3 is 2.28 bits per heavy atom. The molecule has 0 saturated heterocycles. The lowest BCUT2D eigenvalue weighted by Gasteiger charge is -2.12. The quantitative estimate of drug-likeness (QED) is 0.605. The van der Waals surface area contributed by atoms with E-state index in [1.54, 1.807) is 6.33 Å². The van der Waals surface area contributed by atoms with Gasteiger partial charge in [-0.05, 0) is 29.5 Å². The lowest BCUT2D eigenvalue weighted by atomic mass is 10.1. The number of nitrogens with zero attached hydrogens (tertiary/aromatic N) is 3. The van der Waals surface area contributed by atoms with Crippen molar-refractivity contribution in [2.24, 2.45) is 0 Å². The summed E-state index contributed by atoms with van der Waals surface area (Å²) in [5.41, 5.74) is 12.2. The molecule has 0 aliphatic heterocycles. The molecule has 2 aromatic heterocycles. The monoisotopic (exact) mass is 326 g/mol. The zero-order chi connectivity index (χ0) is 16.8. The van der Waals surface area contributed by atoms with Gasteiger partial charge in [0.05, 0.1) is 5.39 Å². The molecule has 2 N–H and O–H groups in total. The second-order valence-electron chi connectivity index (χ2n) is 6.60. The van der Waals surface area contributed by atoms with Crippen LogP contribution >= 0.6 is 0 Å².